The van der Waals surface area contributed by atoms with Gasteiger partial charge in [-0.2, -0.15) is 0 Å². The lowest BCUT2D eigenvalue weighted by molar-refractivity contribution is -0.139. The molecule has 1 rings (SSSR count). The number of hydrogen-bond donors (Lipinski definition) is 2. The van der Waals surface area contributed by atoms with E-state index in [1.807, 2.05) is 13.8 Å². The van der Waals surface area contributed by atoms with Gasteiger partial charge in [0.2, 0.25) is 0 Å². The molecule has 0 amide bonds. The van der Waals surface area contributed by atoms with Gasteiger partial charge < -0.3 is 9.84 Å². The number of halogens is 1. The van der Waals surface area contributed by atoms with Crippen molar-refractivity contribution in [3.05, 3.63) is 28.2 Å². The molecule has 0 saturated heterocycles. The highest BCUT2D eigenvalue weighted by atomic mass is 79.9. The molecule has 0 radical (unpaired) electrons. The number of carboxylic acids is 1. The molecule has 4 nitrogen and oxygen atoms in total. The van der Waals surface area contributed by atoms with E-state index in [0.717, 1.165) is 10.9 Å². The molecule has 2 atom stereocenters. The molecule has 0 aliphatic heterocycles. The van der Waals surface area contributed by atoms with Gasteiger partial charge in [0.15, 0.2) is 0 Å². The van der Waals surface area contributed by atoms with Crippen LogP contribution in [0.1, 0.15) is 31.9 Å². The minimum absolute atomic E-state index is 0.129. The quantitative estimate of drug-likeness (QED) is 0.847. The molecule has 18 heavy (non-hydrogen) atoms. The Morgan fingerprint density at radius 3 is 2.72 bits per heavy atom. The third kappa shape index (κ3) is 3.71. The molecule has 1 aromatic rings. The first-order valence-electron chi connectivity index (χ1n) is 5.81. The van der Waals surface area contributed by atoms with Gasteiger partial charge in [0.1, 0.15) is 11.8 Å². The Labute approximate surface area is 115 Å². The van der Waals surface area contributed by atoms with Gasteiger partial charge in [-0.1, -0.05) is 22.9 Å². The molecule has 0 aromatic heterocycles. The van der Waals surface area contributed by atoms with Crippen LogP contribution in [0.25, 0.3) is 0 Å². The number of benzene rings is 1. The Bertz CT molecular complexity index is 423. The minimum Gasteiger partial charge on any atom is -0.497 e. The summed E-state index contributed by atoms with van der Waals surface area (Å²) in [6.45, 7) is 3.97. The SMILES string of the molecule is CCC(C)NC(C(=O)O)c1cc(OC)ccc1Br. The molecule has 5 heteroatoms. The van der Waals surface area contributed by atoms with Crippen LogP contribution in [0.4, 0.5) is 0 Å². The van der Waals surface area contributed by atoms with Crippen molar-refractivity contribution in [3.8, 4) is 5.75 Å². The molecule has 0 aliphatic rings. The number of ether oxygens (including phenoxy) is 1. The third-order valence-corrected chi connectivity index (χ3v) is 3.55. The second-order valence-electron chi connectivity index (χ2n) is 4.13. The molecule has 0 bridgehead atoms. The van der Waals surface area contributed by atoms with Crippen molar-refractivity contribution in [2.24, 2.45) is 0 Å². The van der Waals surface area contributed by atoms with E-state index in [0.29, 0.717) is 11.3 Å². The maximum absolute atomic E-state index is 11.4. The van der Waals surface area contributed by atoms with E-state index < -0.39 is 12.0 Å². The summed E-state index contributed by atoms with van der Waals surface area (Å²) in [6.07, 6.45) is 0.866. The summed E-state index contributed by atoms with van der Waals surface area (Å²) in [4.78, 5) is 11.4. The number of rotatable bonds is 6. The fourth-order valence-electron chi connectivity index (χ4n) is 1.57. The lowest BCUT2D eigenvalue weighted by Crippen LogP contribution is -2.35. The van der Waals surface area contributed by atoms with Crippen LogP contribution < -0.4 is 10.1 Å². The van der Waals surface area contributed by atoms with Crippen LogP contribution in [0.3, 0.4) is 0 Å². The zero-order chi connectivity index (χ0) is 13.7. The van der Waals surface area contributed by atoms with Gasteiger partial charge in [0.05, 0.1) is 7.11 Å². The predicted molar refractivity (Wildman–Crippen MR) is 74.0 cm³/mol. The van der Waals surface area contributed by atoms with Crippen molar-refractivity contribution in [2.75, 3.05) is 7.11 Å². The third-order valence-electron chi connectivity index (χ3n) is 2.82. The molecule has 0 aliphatic carbocycles. The van der Waals surface area contributed by atoms with Crippen molar-refractivity contribution in [1.82, 2.24) is 5.32 Å². The van der Waals surface area contributed by atoms with Crippen LogP contribution in [0, 0.1) is 0 Å². The monoisotopic (exact) mass is 315 g/mol. The van der Waals surface area contributed by atoms with Crippen LogP contribution in [0.2, 0.25) is 0 Å². The topological polar surface area (TPSA) is 58.6 Å². The summed E-state index contributed by atoms with van der Waals surface area (Å²) in [7, 11) is 1.56. The fourth-order valence-corrected chi connectivity index (χ4v) is 2.04. The molecular formula is C13H18BrNO3. The van der Waals surface area contributed by atoms with E-state index in [-0.39, 0.29) is 6.04 Å². The van der Waals surface area contributed by atoms with Gasteiger partial charge in [-0.25, -0.2) is 0 Å². The van der Waals surface area contributed by atoms with E-state index in [2.05, 4.69) is 21.2 Å². The van der Waals surface area contributed by atoms with Gasteiger partial charge in [-0.05, 0) is 37.1 Å². The first-order chi connectivity index (χ1) is 8.49. The largest absolute Gasteiger partial charge is 0.497 e. The van der Waals surface area contributed by atoms with Crippen molar-refractivity contribution >= 4 is 21.9 Å². The van der Waals surface area contributed by atoms with Gasteiger partial charge in [0.25, 0.3) is 0 Å². The van der Waals surface area contributed by atoms with E-state index in [1.165, 1.54) is 0 Å². The Balaban J connectivity index is 3.08. The summed E-state index contributed by atoms with van der Waals surface area (Å²) >= 11 is 3.38. The van der Waals surface area contributed by atoms with E-state index in [1.54, 1.807) is 25.3 Å². The number of nitrogens with one attached hydrogen (secondary N) is 1. The number of carbonyl (C=O) groups is 1. The Hall–Kier alpha value is -1.07. The Morgan fingerprint density at radius 2 is 2.22 bits per heavy atom. The van der Waals surface area contributed by atoms with Gasteiger partial charge in [0, 0.05) is 10.5 Å². The summed E-state index contributed by atoms with van der Waals surface area (Å²) in [5.74, 6) is -0.255. The Morgan fingerprint density at radius 1 is 1.56 bits per heavy atom. The molecule has 0 spiro atoms. The molecule has 2 unspecified atom stereocenters. The molecule has 100 valence electrons. The smallest absolute Gasteiger partial charge is 0.325 e. The molecule has 0 fully saturated rings. The normalized spacial score (nSPS) is 14.0. The zero-order valence-corrected chi connectivity index (χ0v) is 12.3. The van der Waals surface area contributed by atoms with Crippen LogP contribution in [0.5, 0.6) is 5.75 Å². The van der Waals surface area contributed by atoms with E-state index >= 15 is 0 Å². The lowest BCUT2D eigenvalue weighted by atomic mass is 10.1. The average molecular weight is 316 g/mol. The maximum atomic E-state index is 11.4. The molecule has 1 aromatic carbocycles. The van der Waals surface area contributed by atoms with E-state index in [4.69, 9.17) is 4.74 Å². The summed E-state index contributed by atoms with van der Waals surface area (Å²) in [5, 5.41) is 12.4. The molecular weight excluding hydrogens is 298 g/mol. The maximum Gasteiger partial charge on any atom is 0.325 e. The second kappa shape index (κ2) is 6.75. The summed E-state index contributed by atoms with van der Waals surface area (Å²) < 4.78 is 5.89. The van der Waals surface area contributed by atoms with Crippen molar-refractivity contribution in [3.63, 3.8) is 0 Å². The minimum atomic E-state index is -0.899. The fraction of sp³-hybridized carbons (Fsp3) is 0.462. The second-order valence-corrected chi connectivity index (χ2v) is 4.99. The van der Waals surface area contributed by atoms with Gasteiger partial charge >= 0.3 is 5.97 Å². The first-order valence-corrected chi connectivity index (χ1v) is 6.61. The number of methoxy groups -OCH3 is 1. The first kappa shape index (κ1) is 15.0. The van der Waals surface area contributed by atoms with Gasteiger partial charge in [-0.15, -0.1) is 0 Å². The predicted octanol–water partition coefficient (Wildman–Crippen LogP) is 2.97. The highest BCUT2D eigenvalue weighted by Gasteiger charge is 2.23. The standard InChI is InChI=1S/C13H18BrNO3/c1-4-8(2)15-12(13(16)17)10-7-9(18-3)5-6-11(10)14/h5-8,12,15H,4H2,1-3H3,(H,16,17). The van der Waals surface area contributed by atoms with Crippen molar-refractivity contribution < 1.29 is 14.6 Å². The Kier molecular flexibility index (Phi) is 5.62. The van der Waals surface area contributed by atoms with Crippen molar-refractivity contribution in [1.29, 1.82) is 0 Å². The van der Waals surface area contributed by atoms with Crippen molar-refractivity contribution in [2.45, 2.75) is 32.4 Å². The van der Waals surface area contributed by atoms with E-state index in [9.17, 15) is 9.90 Å². The van der Waals surface area contributed by atoms with Crippen LogP contribution in [-0.2, 0) is 4.79 Å². The van der Waals surface area contributed by atoms with Crippen LogP contribution in [-0.4, -0.2) is 24.2 Å². The van der Waals surface area contributed by atoms with Crippen LogP contribution in [0.15, 0.2) is 22.7 Å². The molecule has 0 saturated carbocycles. The number of hydrogen-bond acceptors (Lipinski definition) is 3. The lowest BCUT2D eigenvalue weighted by Gasteiger charge is -2.21. The molecule has 2 N–H and O–H groups in total. The highest BCUT2D eigenvalue weighted by molar-refractivity contribution is 9.10. The molecule has 0 heterocycles. The highest BCUT2D eigenvalue weighted by Crippen LogP contribution is 2.28. The summed E-state index contributed by atoms with van der Waals surface area (Å²) in [6, 6.07) is 4.70. The number of carboxylic acid groups (broad SMARTS) is 1. The van der Waals surface area contributed by atoms with Crippen LogP contribution >= 0.6 is 15.9 Å². The summed E-state index contributed by atoms with van der Waals surface area (Å²) in [5.41, 5.74) is 0.669. The van der Waals surface area contributed by atoms with Gasteiger partial charge in [-0.3, -0.25) is 10.1 Å². The number of aliphatic carboxylic acids is 1. The average Bonchev–Trinajstić information content (AvgIpc) is 2.36. The zero-order valence-electron chi connectivity index (χ0n) is 10.7.